The number of aliphatic imine (C=N–C) groups is 2. The Kier molecular flexibility index (Phi) is 4.84. The Bertz CT molecular complexity index is 927. The fourth-order valence-corrected chi connectivity index (χ4v) is 3.29. The van der Waals surface area contributed by atoms with Crippen molar-refractivity contribution < 1.29 is 9.47 Å². The molecule has 4 rings (SSSR count). The monoisotopic (exact) mass is 377 g/mol. The molecule has 2 aliphatic heterocycles. The molecular weight excluding hydrogens is 350 g/mol. The highest BCUT2D eigenvalue weighted by molar-refractivity contribution is 6.04. The van der Waals surface area contributed by atoms with E-state index < -0.39 is 0 Å². The summed E-state index contributed by atoms with van der Waals surface area (Å²) in [5.74, 6) is 1.39. The van der Waals surface area contributed by atoms with Crippen LogP contribution in [0.3, 0.4) is 0 Å². The number of nitrogens with one attached hydrogen (secondary N) is 1. The number of nitrogens with zero attached hydrogens (tertiary/aromatic N) is 2. The van der Waals surface area contributed by atoms with Crippen molar-refractivity contribution in [3.8, 4) is 0 Å². The molecule has 2 aliphatic rings. The maximum Gasteiger partial charge on any atom is 0.218 e. The van der Waals surface area contributed by atoms with Gasteiger partial charge in [-0.25, -0.2) is 9.98 Å². The lowest BCUT2D eigenvalue weighted by molar-refractivity contribution is 0.236. The van der Waals surface area contributed by atoms with Crippen molar-refractivity contribution in [2.45, 2.75) is 39.8 Å². The molecule has 0 saturated heterocycles. The summed E-state index contributed by atoms with van der Waals surface area (Å²) in [6, 6.07) is 16.5. The standard InChI is InChI=1S/C23H27N3O2/c1-15-13-27-21(24-15)16-9-5-7-11-18(16)25-19-12-8-6-10-17(19)22-26-20(14-28-22)23(2,3)4/h5-12,15,20,25H,13-14H2,1-4H3. The van der Waals surface area contributed by atoms with E-state index in [0.29, 0.717) is 25.0 Å². The van der Waals surface area contributed by atoms with Gasteiger partial charge in [0.2, 0.25) is 11.8 Å². The van der Waals surface area contributed by atoms with Crippen LogP contribution in [0.1, 0.15) is 38.8 Å². The van der Waals surface area contributed by atoms with Gasteiger partial charge in [0.1, 0.15) is 13.2 Å². The number of hydrogen-bond donors (Lipinski definition) is 1. The summed E-state index contributed by atoms with van der Waals surface area (Å²) in [6.07, 6.45) is 0. The average molecular weight is 377 g/mol. The molecule has 2 aromatic rings. The fraction of sp³-hybridized carbons (Fsp3) is 0.391. The van der Waals surface area contributed by atoms with Crippen LogP contribution in [0, 0.1) is 5.41 Å². The van der Waals surface area contributed by atoms with E-state index in [2.05, 4.69) is 38.0 Å². The first-order valence-electron chi connectivity index (χ1n) is 9.79. The van der Waals surface area contributed by atoms with Crippen LogP contribution in [0.25, 0.3) is 0 Å². The Labute approximate surface area is 166 Å². The third kappa shape index (κ3) is 3.75. The normalized spacial score (nSPS) is 21.6. The van der Waals surface area contributed by atoms with Crippen molar-refractivity contribution in [3.05, 3.63) is 59.7 Å². The van der Waals surface area contributed by atoms with E-state index in [1.807, 2.05) is 48.5 Å². The van der Waals surface area contributed by atoms with Gasteiger partial charge in [0.05, 0.1) is 34.6 Å². The molecule has 0 bridgehead atoms. The zero-order valence-electron chi connectivity index (χ0n) is 16.9. The molecule has 0 aromatic heterocycles. The van der Waals surface area contributed by atoms with Crippen LogP contribution in [0.5, 0.6) is 0 Å². The summed E-state index contributed by atoms with van der Waals surface area (Å²) >= 11 is 0. The lowest BCUT2D eigenvalue weighted by Gasteiger charge is -2.21. The molecule has 0 saturated carbocycles. The molecule has 146 valence electrons. The predicted octanol–water partition coefficient (Wildman–Crippen LogP) is 4.79. The highest BCUT2D eigenvalue weighted by atomic mass is 16.5. The van der Waals surface area contributed by atoms with Crippen molar-refractivity contribution in [3.63, 3.8) is 0 Å². The second-order valence-corrected chi connectivity index (χ2v) is 8.44. The third-order valence-electron chi connectivity index (χ3n) is 5.03. The van der Waals surface area contributed by atoms with Gasteiger partial charge in [-0.3, -0.25) is 0 Å². The number of benzene rings is 2. The lowest BCUT2D eigenvalue weighted by Crippen LogP contribution is -2.25. The van der Waals surface area contributed by atoms with Gasteiger partial charge >= 0.3 is 0 Å². The molecule has 0 radical (unpaired) electrons. The first-order valence-corrected chi connectivity index (χ1v) is 9.79. The summed E-state index contributed by atoms with van der Waals surface area (Å²) in [6.45, 7) is 9.87. The molecule has 0 aliphatic carbocycles. The van der Waals surface area contributed by atoms with Crippen LogP contribution in [0.2, 0.25) is 0 Å². The summed E-state index contributed by atoms with van der Waals surface area (Å²) < 4.78 is 11.7. The van der Waals surface area contributed by atoms with Gasteiger partial charge in [-0.2, -0.15) is 0 Å². The van der Waals surface area contributed by atoms with Gasteiger partial charge in [0.15, 0.2) is 0 Å². The highest BCUT2D eigenvalue weighted by Gasteiger charge is 2.31. The van der Waals surface area contributed by atoms with Gasteiger partial charge in [0.25, 0.3) is 0 Å². The van der Waals surface area contributed by atoms with Crippen LogP contribution in [0.4, 0.5) is 11.4 Å². The maximum atomic E-state index is 5.96. The van der Waals surface area contributed by atoms with Crippen LogP contribution in [-0.2, 0) is 9.47 Å². The fourth-order valence-electron chi connectivity index (χ4n) is 3.29. The van der Waals surface area contributed by atoms with Gasteiger partial charge in [-0.05, 0) is 36.6 Å². The lowest BCUT2D eigenvalue weighted by atomic mass is 9.88. The predicted molar refractivity (Wildman–Crippen MR) is 114 cm³/mol. The number of anilines is 2. The van der Waals surface area contributed by atoms with Crippen molar-refractivity contribution >= 4 is 23.2 Å². The summed E-state index contributed by atoms with van der Waals surface area (Å²) in [4.78, 5) is 9.45. The van der Waals surface area contributed by atoms with Crippen LogP contribution in [0.15, 0.2) is 58.5 Å². The first-order chi connectivity index (χ1) is 13.4. The zero-order chi connectivity index (χ0) is 19.7. The van der Waals surface area contributed by atoms with E-state index in [9.17, 15) is 0 Å². The molecule has 0 spiro atoms. The number of ether oxygens (including phenoxy) is 2. The molecule has 1 N–H and O–H groups in total. The smallest absolute Gasteiger partial charge is 0.218 e. The van der Waals surface area contributed by atoms with Crippen LogP contribution in [-0.4, -0.2) is 37.1 Å². The molecule has 2 unspecified atom stereocenters. The summed E-state index contributed by atoms with van der Waals surface area (Å²) in [7, 11) is 0. The molecule has 2 heterocycles. The molecule has 5 nitrogen and oxygen atoms in total. The van der Waals surface area contributed by atoms with E-state index in [4.69, 9.17) is 14.5 Å². The van der Waals surface area contributed by atoms with Crippen molar-refractivity contribution in [1.29, 1.82) is 0 Å². The zero-order valence-corrected chi connectivity index (χ0v) is 16.9. The second kappa shape index (κ2) is 7.30. The Morgan fingerprint density at radius 2 is 1.36 bits per heavy atom. The molecule has 2 atom stereocenters. The maximum absolute atomic E-state index is 5.96. The Balaban J connectivity index is 1.66. The van der Waals surface area contributed by atoms with Crippen molar-refractivity contribution in [1.82, 2.24) is 0 Å². The summed E-state index contributed by atoms with van der Waals surface area (Å²) in [5, 5.41) is 3.54. The van der Waals surface area contributed by atoms with E-state index in [1.54, 1.807) is 0 Å². The van der Waals surface area contributed by atoms with Crippen LogP contribution >= 0.6 is 0 Å². The van der Waals surface area contributed by atoms with Crippen molar-refractivity contribution in [2.75, 3.05) is 18.5 Å². The van der Waals surface area contributed by atoms with Gasteiger partial charge in [-0.1, -0.05) is 45.0 Å². The number of para-hydroxylation sites is 2. The molecule has 0 amide bonds. The molecule has 2 aromatic carbocycles. The first kappa shape index (κ1) is 18.5. The van der Waals surface area contributed by atoms with Gasteiger partial charge < -0.3 is 14.8 Å². The average Bonchev–Trinajstić information content (AvgIpc) is 3.32. The van der Waals surface area contributed by atoms with E-state index >= 15 is 0 Å². The molecule has 28 heavy (non-hydrogen) atoms. The molecule has 0 fully saturated rings. The largest absolute Gasteiger partial charge is 0.475 e. The van der Waals surface area contributed by atoms with Gasteiger partial charge in [-0.15, -0.1) is 0 Å². The van der Waals surface area contributed by atoms with E-state index in [-0.39, 0.29) is 17.5 Å². The SMILES string of the molecule is CC1COC(c2ccccc2Nc2ccccc2C2=NC(C(C)(C)C)CO2)=N1. The second-order valence-electron chi connectivity index (χ2n) is 8.44. The van der Waals surface area contributed by atoms with E-state index in [1.165, 1.54) is 0 Å². The molecular formula is C23H27N3O2. The van der Waals surface area contributed by atoms with Crippen LogP contribution < -0.4 is 5.32 Å². The third-order valence-corrected chi connectivity index (χ3v) is 5.03. The topological polar surface area (TPSA) is 55.2 Å². The minimum Gasteiger partial charge on any atom is -0.475 e. The Morgan fingerprint density at radius 1 is 0.821 bits per heavy atom. The van der Waals surface area contributed by atoms with E-state index in [0.717, 1.165) is 22.5 Å². The van der Waals surface area contributed by atoms with Gasteiger partial charge in [0, 0.05) is 0 Å². The van der Waals surface area contributed by atoms with Crippen molar-refractivity contribution in [2.24, 2.45) is 15.4 Å². The minimum absolute atomic E-state index is 0.0748. The Morgan fingerprint density at radius 3 is 1.86 bits per heavy atom. The minimum atomic E-state index is 0.0748. The summed E-state index contributed by atoms with van der Waals surface area (Å²) in [5.41, 5.74) is 3.91. The number of rotatable bonds is 4. The highest BCUT2D eigenvalue weighted by Crippen LogP contribution is 2.31. The quantitative estimate of drug-likeness (QED) is 0.834. The molecule has 5 heteroatoms. The Hall–Kier alpha value is -2.82. The number of hydrogen-bond acceptors (Lipinski definition) is 5.